The molecule has 0 bridgehead atoms. The van der Waals surface area contributed by atoms with E-state index in [9.17, 15) is 0 Å². The van der Waals surface area contributed by atoms with Crippen LogP contribution in [0.5, 0.6) is 0 Å². The molecule has 2 rings (SSSR count). The monoisotopic (exact) mass is 311 g/mol. The lowest BCUT2D eigenvalue weighted by Gasteiger charge is -2.22. The second-order valence-electron chi connectivity index (χ2n) is 6.19. The number of nitrogen functional groups attached to an aromatic ring is 2. The van der Waals surface area contributed by atoms with Gasteiger partial charge in [0.2, 0.25) is 5.95 Å². The molecule has 1 aromatic heterocycles. The average Bonchev–Trinajstić information content (AvgIpc) is 2.80. The Kier molecular flexibility index (Phi) is 4.58. The molecule has 0 fully saturated rings. The van der Waals surface area contributed by atoms with Crippen LogP contribution in [0, 0.1) is 5.92 Å². The third kappa shape index (κ3) is 4.47. The number of nitrogens with zero attached hydrogens (tertiary/aromatic N) is 2. The fraction of sp³-hybridized carbons (Fsp3) is 0.571. The first-order chi connectivity index (χ1) is 9.74. The maximum atomic E-state index is 5.90. The summed E-state index contributed by atoms with van der Waals surface area (Å²) in [6, 6.07) is 0.131. The van der Waals surface area contributed by atoms with Gasteiger partial charge in [-0.25, -0.2) is 0 Å². The lowest BCUT2D eigenvalue weighted by molar-refractivity contribution is -0.0154. The Bertz CT molecular complexity index is 541. The normalized spacial score (nSPS) is 21.7. The molecule has 2 atom stereocenters. The summed E-state index contributed by atoms with van der Waals surface area (Å²) in [7, 11) is 0. The number of nitrogens with two attached hydrogens (primary N) is 2. The van der Waals surface area contributed by atoms with Crippen molar-refractivity contribution in [2.75, 3.05) is 23.4 Å². The van der Waals surface area contributed by atoms with E-state index >= 15 is 0 Å². The molecule has 2 unspecified atom stereocenters. The van der Waals surface area contributed by atoms with Crippen LogP contribution in [0.25, 0.3) is 0 Å². The minimum absolute atomic E-state index is 0.103. The van der Waals surface area contributed by atoms with Crippen LogP contribution in [0.1, 0.15) is 27.2 Å². The van der Waals surface area contributed by atoms with Crippen molar-refractivity contribution < 1.29 is 4.74 Å². The highest BCUT2D eigenvalue weighted by molar-refractivity contribution is 6.32. The average molecular weight is 312 g/mol. The predicted molar refractivity (Wildman–Crippen MR) is 86.2 cm³/mol. The number of ether oxygens (including phenoxy) is 1. The zero-order chi connectivity index (χ0) is 15.6. The molecule has 0 spiro atoms. The third-order valence-corrected chi connectivity index (χ3v) is 3.43. The molecular weight excluding hydrogens is 290 g/mol. The van der Waals surface area contributed by atoms with Gasteiger partial charge < -0.3 is 21.5 Å². The van der Waals surface area contributed by atoms with Gasteiger partial charge in [-0.1, -0.05) is 23.8 Å². The van der Waals surface area contributed by atoms with E-state index in [1.807, 2.05) is 20.8 Å². The van der Waals surface area contributed by atoms with Crippen LogP contribution in [-0.2, 0) is 4.74 Å². The molecule has 116 valence electrons. The fourth-order valence-corrected chi connectivity index (χ4v) is 2.28. The Morgan fingerprint density at radius 2 is 2.05 bits per heavy atom. The van der Waals surface area contributed by atoms with E-state index in [0.717, 1.165) is 6.42 Å². The predicted octanol–water partition coefficient (Wildman–Crippen LogP) is 2.47. The van der Waals surface area contributed by atoms with Gasteiger partial charge in [-0.05, 0) is 27.2 Å². The zero-order valence-corrected chi connectivity index (χ0v) is 13.3. The van der Waals surface area contributed by atoms with Crippen LogP contribution in [0.2, 0.25) is 5.15 Å². The molecule has 1 aliphatic rings. The summed E-state index contributed by atoms with van der Waals surface area (Å²) in [6.45, 7) is 6.84. The van der Waals surface area contributed by atoms with Gasteiger partial charge in [0.1, 0.15) is 5.69 Å². The number of aromatic nitrogens is 2. The van der Waals surface area contributed by atoms with Gasteiger partial charge in [0, 0.05) is 12.0 Å². The molecule has 0 amide bonds. The summed E-state index contributed by atoms with van der Waals surface area (Å²) in [5.74, 6) is 0.948. The molecule has 6 nitrogen and oxygen atoms in total. The number of rotatable bonds is 4. The summed E-state index contributed by atoms with van der Waals surface area (Å²) in [6.07, 6.45) is 5.14. The van der Waals surface area contributed by atoms with E-state index in [1.165, 1.54) is 0 Å². The van der Waals surface area contributed by atoms with Crippen molar-refractivity contribution in [1.29, 1.82) is 0 Å². The van der Waals surface area contributed by atoms with Gasteiger partial charge in [0.05, 0.1) is 12.2 Å². The van der Waals surface area contributed by atoms with Crippen LogP contribution in [-0.4, -0.2) is 28.2 Å². The minimum Gasteiger partial charge on any atom is -0.393 e. The van der Waals surface area contributed by atoms with E-state index in [4.69, 9.17) is 27.8 Å². The van der Waals surface area contributed by atoms with Gasteiger partial charge in [-0.2, -0.15) is 9.97 Å². The molecule has 5 N–H and O–H groups in total. The van der Waals surface area contributed by atoms with Gasteiger partial charge in [-0.3, -0.25) is 0 Å². The van der Waals surface area contributed by atoms with Crippen molar-refractivity contribution >= 4 is 29.1 Å². The largest absolute Gasteiger partial charge is 0.393 e. The highest BCUT2D eigenvalue weighted by Gasteiger charge is 2.22. The highest BCUT2D eigenvalue weighted by Crippen LogP contribution is 2.28. The summed E-state index contributed by atoms with van der Waals surface area (Å²) < 4.78 is 5.80. The van der Waals surface area contributed by atoms with Gasteiger partial charge in [0.25, 0.3) is 0 Å². The fourth-order valence-electron chi connectivity index (χ4n) is 2.11. The smallest absolute Gasteiger partial charge is 0.223 e. The first kappa shape index (κ1) is 15.9. The molecule has 0 saturated heterocycles. The molecule has 1 aliphatic carbocycles. The minimum atomic E-state index is -0.127. The Hall–Kier alpha value is -1.53. The summed E-state index contributed by atoms with van der Waals surface area (Å²) in [4.78, 5) is 7.90. The Labute approximate surface area is 129 Å². The van der Waals surface area contributed by atoms with Crippen LogP contribution >= 0.6 is 11.6 Å². The Balaban J connectivity index is 1.93. The SMILES string of the molecule is CC(C)(C)OCC1C=CC(Nc2nc(N)nc(Cl)c2N)C1. The molecule has 21 heavy (non-hydrogen) atoms. The molecule has 0 aliphatic heterocycles. The van der Waals surface area contributed by atoms with Gasteiger partial charge >= 0.3 is 0 Å². The third-order valence-electron chi connectivity index (χ3n) is 3.14. The molecule has 1 heterocycles. The number of hydrogen-bond donors (Lipinski definition) is 3. The van der Waals surface area contributed by atoms with Crippen molar-refractivity contribution in [2.45, 2.75) is 38.8 Å². The van der Waals surface area contributed by atoms with Crippen molar-refractivity contribution in [3.05, 3.63) is 17.3 Å². The number of anilines is 3. The summed E-state index contributed by atoms with van der Waals surface area (Å²) >= 11 is 5.90. The second kappa shape index (κ2) is 6.07. The van der Waals surface area contributed by atoms with Crippen molar-refractivity contribution in [3.8, 4) is 0 Å². The van der Waals surface area contributed by atoms with E-state index in [2.05, 4.69) is 27.4 Å². The maximum Gasteiger partial charge on any atom is 0.223 e. The van der Waals surface area contributed by atoms with Crippen LogP contribution < -0.4 is 16.8 Å². The van der Waals surface area contributed by atoms with E-state index in [1.54, 1.807) is 0 Å². The molecule has 0 aromatic carbocycles. The van der Waals surface area contributed by atoms with Crippen molar-refractivity contribution in [3.63, 3.8) is 0 Å². The quantitative estimate of drug-likeness (QED) is 0.583. The van der Waals surface area contributed by atoms with Crippen LogP contribution in [0.3, 0.4) is 0 Å². The number of halogens is 1. The topological polar surface area (TPSA) is 99.1 Å². The second-order valence-corrected chi connectivity index (χ2v) is 6.55. The maximum absolute atomic E-state index is 5.90. The molecule has 0 radical (unpaired) electrons. The van der Waals surface area contributed by atoms with E-state index in [0.29, 0.717) is 24.0 Å². The molecule has 7 heteroatoms. The lowest BCUT2D eigenvalue weighted by Crippen LogP contribution is -2.24. The summed E-state index contributed by atoms with van der Waals surface area (Å²) in [5, 5.41) is 3.40. The number of hydrogen-bond acceptors (Lipinski definition) is 6. The first-order valence-electron chi connectivity index (χ1n) is 6.92. The Morgan fingerprint density at radius 1 is 1.33 bits per heavy atom. The highest BCUT2D eigenvalue weighted by atomic mass is 35.5. The summed E-state index contributed by atoms with van der Waals surface area (Å²) in [5.41, 5.74) is 11.6. The van der Waals surface area contributed by atoms with Crippen LogP contribution in [0.15, 0.2) is 12.2 Å². The molecule has 0 saturated carbocycles. The molecular formula is C14H22ClN5O. The van der Waals surface area contributed by atoms with Gasteiger partial charge in [-0.15, -0.1) is 0 Å². The lowest BCUT2D eigenvalue weighted by atomic mass is 10.1. The van der Waals surface area contributed by atoms with Crippen molar-refractivity contribution in [2.24, 2.45) is 5.92 Å². The van der Waals surface area contributed by atoms with Gasteiger partial charge in [0.15, 0.2) is 11.0 Å². The van der Waals surface area contributed by atoms with Crippen molar-refractivity contribution in [1.82, 2.24) is 9.97 Å². The number of nitrogens with one attached hydrogen (secondary N) is 1. The Morgan fingerprint density at radius 3 is 2.71 bits per heavy atom. The van der Waals surface area contributed by atoms with E-state index in [-0.39, 0.29) is 22.7 Å². The van der Waals surface area contributed by atoms with Crippen LogP contribution in [0.4, 0.5) is 17.5 Å². The van der Waals surface area contributed by atoms with E-state index < -0.39 is 0 Å². The zero-order valence-electron chi connectivity index (χ0n) is 12.6. The standard InChI is InChI=1S/C14H22ClN5O/c1-14(2,3)21-7-8-4-5-9(6-8)18-12-10(16)11(15)19-13(17)20-12/h4-5,8-9H,6-7,16H2,1-3H3,(H3,17,18,19,20). The first-order valence-corrected chi connectivity index (χ1v) is 7.29. The molecule has 1 aromatic rings.